The van der Waals surface area contributed by atoms with Crippen LogP contribution >= 0.6 is 22.6 Å². The average molecular weight is 331 g/mol. The van der Waals surface area contributed by atoms with E-state index in [4.69, 9.17) is 0 Å². The highest BCUT2D eigenvalue weighted by Crippen LogP contribution is 2.11. The molecule has 90 valence electrons. The van der Waals surface area contributed by atoms with Gasteiger partial charge in [0.15, 0.2) is 0 Å². The van der Waals surface area contributed by atoms with Gasteiger partial charge in [-0.3, -0.25) is 0 Å². The first-order valence-electron chi connectivity index (χ1n) is 6.03. The molecule has 0 spiro atoms. The minimum Gasteiger partial charge on any atom is -0.316 e. The van der Waals surface area contributed by atoms with E-state index in [-0.39, 0.29) is 0 Å². The van der Waals surface area contributed by atoms with Crippen molar-refractivity contribution in [3.8, 4) is 0 Å². The zero-order chi connectivity index (χ0) is 12.0. The van der Waals surface area contributed by atoms with Gasteiger partial charge in [-0.15, -0.1) is 0 Å². The Hall–Kier alpha value is -0.0900. The van der Waals surface area contributed by atoms with Gasteiger partial charge in [0.2, 0.25) is 0 Å². The Morgan fingerprint density at radius 2 is 1.69 bits per heavy atom. The normalized spacial score (nSPS) is 13.1. The van der Waals surface area contributed by atoms with Gasteiger partial charge in [0, 0.05) is 3.57 Å². The lowest BCUT2D eigenvalue weighted by Gasteiger charge is -2.14. The molecular formula is C14H22IN. The topological polar surface area (TPSA) is 12.0 Å². The Labute approximate surface area is 113 Å². The second-order valence-corrected chi connectivity index (χ2v) is 6.23. The van der Waals surface area contributed by atoms with Crippen molar-refractivity contribution in [2.45, 2.75) is 27.2 Å². The number of halogens is 1. The number of nitrogens with one attached hydrogen (secondary N) is 1. The summed E-state index contributed by atoms with van der Waals surface area (Å²) in [4.78, 5) is 0. The van der Waals surface area contributed by atoms with E-state index in [9.17, 15) is 0 Å². The minimum absolute atomic E-state index is 0.707. The fourth-order valence-corrected chi connectivity index (χ4v) is 2.07. The number of rotatable bonds is 6. The van der Waals surface area contributed by atoms with E-state index in [1.54, 1.807) is 0 Å². The lowest BCUT2D eigenvalue weighted by molar-refractivity contribution is 0.473. The average Bonchev–Trinajstić information content (AvgIpc) is 2.21. The van der Waals surface area contributed by atoms with Gasteiger partial charge in [0.1, 0.15) is 0 Å². The first kappa shape index (κ1) is 14.0. The van der Waals surface area contributed by atoms with Crippen molar-refractivity contribution in [2.24, 2.45) is 11.8 Å². The van der Waals surface area contributed by atoms with Gasteiger partial charge in [-0.05, 0) is 71.6 Å². The summed E-state index contributed by atoms with van der Waals surface area (Å²) >= 11 is 2.35. The maximum absolute atomic E-state index is 3.51. The van der Waals surface area contributed by atoms with Crippen LogP contribution in [0.15, 0.2) is 24.3 Å². The molecule has 1 atom stereocenters. The van der Waals surface area contributed by atoms with E-state index >= 15 is 0 Å². The van der Waals surface area contributed by atoms with Crippen LogP contribution in [0.4, 0.5) is 0 Å². The van der Waals surface area contributed by atoms with Crippen LogP contribution in [0.2, 0.25) is 0 Å². The lowest BCUT2D eigenvalue weighted by atomic mass is 10.0. The van der Waals surface area contributed by atoms with Crippen LogP contribution in [0.1, 0.15) is 26.3 Å². The van der Waals surface area contributed by atoms with Gasteiger partial charge in [-0.2, -0.15) is 0 Å². The third kappa shape index (κ3) is 5.85. The van der Waals surface area contributed by atoms with Crippen LogP contribution in [-0.4, -0.2) is 13.1 Å². The molecule has 1 aromatic rings. The SMILES string of the molecule is CC(C)CNCC(C)Cc1ccc(I)cc1. The summed E-state index contributed by atoms with van der Waals surface area (Å²) in [6.07, 6.45) is 1.17. The van der Waals surface area contributed by atoms with Crippen molar-refractivity contribution < 1.29 is 0 Å². The highest BCUT2D eigenvalue weighted by Gasteiger charge is 2.03. The molecule has 2 heteroatoms. The number of hydrogen-bond acceptors (Lipinski definition) is 1. The van der Waals surface area contributed by atoms with Gasteiger partial charge in [-0.1, -0.05) is 32.9 Å². The van der Waals surface area contributed by atoms with E-state index in [1.165, 1.54) is 15.6 Å². The third-order valence-electron chi connectivity index (χ3n) is 2.54. The molecule has 0 fully saturated rings. The number of benzene rings is 1. The molecule has 0 amide bonds. The molecule has 0 aromatic heterocycles. The molecule has 0 radical (unpaired) electrons. The zero-order valence-corrected chi connectivity index (χ0v) is 12.6. The predicted molar refractivity (Wildman–Crippen MR) is 79.7 cm³/mol. The molecule has 0 aliphatic heterocycles. The minimum atomic E-state index is 0.707. The molecule has 0 heterocycles. The molecule has 1 aromatic carbocycles. The molecule has 0 bridgehead atoms. The monoisotopic (exact) mass is 331 g/mol. The molecule has 1 rings (SSSR count). The third-order valence-corrected chi connectivity index (χ3v) is 3.26. The first-order valence-corrected chi connectivity index (χ1v) is 7.11. The Kier molecular flexibility index (Phi) is 6.36. The largest absolute Gasteiger partial charge is 0.316 e. The van der Waals surface area contributed by atoms with Crippen molar-refractivity contribution in [1.29, 1.82) is 0 Å². The van der Waals surface area contributed by atoms with Crippen molar-refractivity contribution in [3.05, 3.63) is 33.4 Å². The second-order valence-electron chi connectivity index (χ2n) is 4.99. The first-order chi connectivity index (χ1) is 7.58. The summed E-state index contributed by atoms with van der Waals surface area (Å²) in [6, 6.07) is 8.84. The molecule has 16 heavy (non-hydrogen) atoms. The highest BCUT2D eigenvalue weighted by molar-refractivity contribution is 14.1. The van der Waals surface area contributed by atoms with Crippen LogP contribution in [0.25, 0.3) is 0 Å². The standard InChI is InChI=1S/C14H22IN/c1-11(2)9-16-10-12(3)8-13-4-6-14(15)7-5-13/h4-7,11-12,16H,8-10H2,1-3H3. The predicted octanol–water partition coefficient (Wildman–Crippen LogP) is 3.72. The molecule has 1 nitrogen and oxygen atoms in total. The quantitative estimate of drug-likeness (QED) is 0.784. The Balaban J connectivity index is 2.28. The summed E-state index contributed by atoms with van der Waals surface area (Å²) in [6.45, 7) is 9.04. The molecule has 0 aliphatic rings. The van der Waals surface area contributed by atoms with E-state index in [1.807, 2.05) is 0 Å². The molecule has 0 saturated carbocycles. The van der Waals surface area contributed by atoms with E-state index < -0.39 is 0 Å². The van der Waals surface area contributed by atoms with Crippen LogP contribution < -0.4 is 5.32 Å². The molecule has 1 N–H and O–H groups in total. The van der Waals surface area contributed by atoms with Crippen LogP contribution in [0.3, 0.4) is 0 Å². The van der Waals surface area contributed by atoms with Crippen LogP contribution in [0.5, 0.6) is 0 Å². The Morgan fingerprint density at radius 1 is 1.06 bits per heavy atom. The molecule has 0 saturated heterocycles. The molecular weight excluding hydrogens is 309 g/mol. The van der Waals surface area contributed by atoms with E-state index in [2.05, 4.69) is 72.9 Å². The van der Waals surface area contributed by atoms with Crippen molar-refractivity contribution in [2.75, 3.05) is 13.1 Å². The van der Waals surface area contributed by atoms with Crippen molar-refractivity contribution in [3.63, 3.8) is 0 Å². The number of hydrogen-bond donors (Lipinski definition) is 1. The van der Waals surface area contributed by atoms with Gasteiger partial charge in [0.25, 0.3) is 0 Å². The summed E-state index contributed by atoms with van der Waals surface area (Å²) < 4.78 is 1.31. The Morgan fingerprint density at radius 3 is 2.25 bits per heavy atom. The van der Waals surface area contributed by atoms with E-state index in [0.717, 1.165) is 19.0 Å². The van der Waals surface area contributed by atoms with Gasteiger partial charge in [0.05, 0.1) is 0 Å². The summed E-state index contributed by atoms with van der Waals surface area (Å²) in [5.41, 5.74) is 1.44. The van der Waals surface area contributed by atoms with Crippen molar-refractivity contribution in [1.82, 2.24) is 5.32 Å². The van der Waals surface area contributed by atoms with Gasteiger partial charge >= 0.3 is 0 Å². The van der Waals surface area contributed by atoms with Crippen LogP contribution in [-0.2, 0) is 6.42 Å². The summed E-state index contributed by atoms with van der Waals surface area (Å²) in [7, 11) is 0. The lowest BCUT2D eigenvalue weighted by Crippen LogP contribution is -2.26. The fraction of sp³-hybridized carbons (Fsp3) is 0.571. The fourth-order valence-electron chi connectivity index (χ4n) is 1.71. The second kappa shape index (κ2) is 7.28. The Bertz CT molecular complexity index is 292. The molecule has 0 aliphatic carbocycles. The maximum atomic E-state index is 3.51. The smallest absolute Gasteiger partial charge is 0.0130 e. The van der Waals surface area contributed by atoms with Crippen molar-refractivity contribution >= 4 is 22.6 Å². The zero-order valence-electron chi connectivity index (χ0n) is 10.5. The summed E-state index contributed by atoms with van der Waals surface area (Å²) in [5.74, 6) is 1.45. The van der Waals surface area contributed by atoms with E-state index in [0.29, 0.717) is 5.92 Å². The maximum Gasteiger partial charge on any atom is 0.0130 e. The van der Waals surface area contributed by atoms with Gasteiger partial charge in [-0.25, -0.2) is 0 Å². The van der Waals surface area contributed by atoms with Gasteiger partial charge < -0.3 is 5.32 Å². The molecule has 1 unspecified atom stereocenters. The summed E-state index contributed by atoms with van der Waals surface area (Å²) in [5, 5.41) is 3.51. The van der Waals surface area contributed by atoms with Crippen LogP contribution in [0, 0.1) is 15.4 Å². The highest BCUT2D eigenvalue weighted by atomic mass is 127.